The normalized spacial score (nSPS) is 21.0. The molecule has 0 bridgehead atoms. The Morgan fingerprint density at radius 2 is 1.96 bits per heavy atom. The SMILES string of the molecule is CC(C)(O)C1Cc2cc(NC(=O)C3(c4ccc5c(c4)OCO5)CC3)ccc2N1. The fourth-order valence-corrected chi connectivity index (χ4v) is 4.08. The lowest BCUT2D eigenvalue weighted by Crippen LogP contribution is -2.40. The number of aliphatic hydroxyl groups is 1. The highest BCUT2D eigenvalue weighted by molar-refractivity contribution is 6.01. The van der Waals surface area contributed by atoms with Gasteiger partial charge in [0.25, 0.3) is 0 Å². The summed E-state index contributed by atoms with van der Waals surface area (Å²) in [6.07, 6.45) is 2.38. The maximum atomic E-state index is 13.1. The van der Waals surface area contributed by atoms with Crippen LogP contribution in [0, 0.1) is 0 Å². The molecule has 0 saturated heterocycles. The Labute approximate surface area is 163 Å². The van der Waals surface area contributed by atoms with Crippen LogP contribution in [0.2, 0.25) is 0 Å². The molecule has 1 saturated carbocycles. The third-order valence-corrected chi connectivity index (χ3v) is 6.08. The molecule has 1 aliphatic carbocycles. The molecule has 2 aliphatic heterocycles. The maximum absolute atomic E-state index is 13.1. The van der Waals surface area contributed by atoms with Gasteiger partial charge in [0, 0.05) is 11.4 Å². The summed E-state index contributed by atoms with van der Waals surface area (Å²) in [4.78, 5) is 13.1. The van der Waals surface area contributed by atoms with Crippen molar-refractivity contribution in [2.75, 3.05) is 17.4 Å². The number of carbonyl (C=O) groups excluding carboxylic acids is 1. The van der Waals surface area contributed by atoms with Crippen LogP contribution in [0.5, 0.6) is 11.5 Å². The molecule has 1 fully saturated rings. The molecule has 1 atom stereocenters. The number of nitrogens with one attached hydrogen (secondary N) is 2. The van der Waals surface area contributed by atoms with Gasteiger partial charge in [0.1, 0.15) is 0 Å². The molecule has 6 heteroatoms. The van der Waals surface area contributed by atoms with Crippen LogP contribution in [0.15, 0.2) is 36.4 Å². The van der Waals surface area contributed by atoms with E-state index in [1.165, 1.54) is 0 Å². The molecule has 1 unspecified atom stereocenters. The third kappa shape index (κ3) is 2.79. The minimum atomic E-state index is -0.806. The van der Waals surface area contributed by atoms with Crippen molar-refractivity contribution in [3.63, 3.8) is 0 Å². The summed E-state index contributed by atoms with van der Waals surface area (Å²) in [6, 6.07) is 11.6. The van der Waals surface area contributed by atoms with E-state index in [2.05, 4.69) is 10.6 Å². The molecular formula is C22H24N2O4. The highest BCUT2D eigenvalue weighted by atomic mass is 16.7. The van der Waals surface area contributed by atoms with Gasteiger partial charge in [0.2, 0.25) is 12.7 Å². The highest BCUT2D eigenvalue weighted by Gasteiger charge is 2.51. The average Bonchev–Trinajstić information content (AvgIpc) is 3.13. The van der Waals surface area contributed by atoms with Gasteiger partial charge in [-0.05, 0) is 74.6 Å². The van der Waals surface area contributed by atoms with Crippen LogP contribution < -0.4 is 20.1 Å². The van der Waals surface area contributed by atoms with E-state index in [9.17, 15) is 9.90 Å². The molecule has 0 spiro atoms. The van der Waals surface area contributed by atoms with Crippen molar-refractivity contribution in [3.05, 3.63) is 47.5 Å². The Morgan fingerprint density at radius 1 is 1.18 bits per heavy atom. The Balaban J connectivity index is 1.34. The van der Waals surface area contributed by atoms with Crippen molar-refractivity contribution in [3.8, 4) is 11.5 Å². The largest absolute Gasteiger partial charge is 0.454 e. The zero-order valence-corrected chi connectivity index (χ0v) is 16.0. The Hall–Kier alpha value is -2.73. The highest BCUT2D eigenvalue weighted by Crippen LogP contribution is 2.51. The molecule has 3 aliphatic rings. The van der Waals surface area contributed by atoms with Gasteiger partial charge in [-0.1, -0.05) is 6.07 Å². The number of fused-ring (bicyclic) bond motifs is 2. The van der Waals surface area contributed by atoms with Crippen molar-refractivity contribution in [2.45, 2.75) is 50.2 Å². The molecular weight excluding hydrogens is 356 g/mol. The van der Waals surface area contributed by atoms with E-state index in [-0.39, 0.29) is 18.7 Å². The van der Waals surface area contributed by atoms with Crippen LogP contribution >= 0.6 is 0 Å². The van der Waals surface area contributed by atoms with E-state index in [0.717, 1.165) is 47.5 Å². The monoisotopic (exact) mass is 380 g/mol. The molecule has 0 aromatic heterocycles. The lowest BCUT2D eigenvalue weighted by molar-refractivity contribution is -0.118. The second-order valence-electron chi connectivity index (χ2n) is 8.53. The molecule has 0 radical (unpaired) electrons. The van der Waals surface area contributed by atoms with Gasteiger partial charge in [0.15, 0.2) is 11.5 Å². The molecule has 5 rings (SSSR count). The van der Waals surface area contributed by atoms with E-state index in [0.29, 0.717) is 5.75 Å². The van der Waals surface area contributed by atoms with E-state index in [1.54, 1.807) is 13.8 Å². The Bertz CT molecular complexity index is 959. The molecule has 2 aromatic carbocycles. The first-order valence-electron chi connectivity index (χ1n) is 9.69. The summed E-state index contributed by atoms with van der Waals surface area (Å²) >= 11 is 0. The van der Waals surface area contributed by atoms with Gasteiger partial charge in [-0.3, -0.25) is 4.79 Å². The number of hydrogen-bond acceptors (Lipinski definition) is 5. The zero-order valence-electron chi connectivity index (χ0n) is 16.0. The quantitative estimate of drug-likeness (QED) is 0.759. The average molecular weight is 380 g/mol. The number of ether oxygens (including phenoxy) is 2. The number of benzene rings is 2. The first-order chi connectivity index (χ1) is 13.3. The predicted octanol–water partition coefficient (Wildman–Crippen LogP) is 3.19. The summed E-state index contributed by atoms with van der Waals surface area (Å²) in [5.41, 5.74) is 2.58. The lowest BCUT2D eigenvalue weighted by Gasteiger charge is -2.25. The van der Waals surface area contributed by atoms with Crippen molar-refractivity contribution >= 4 is 17.3 Å². The molecule has 28 heavy (non-hydrogen) atoms. The minimum absolute atomic E-state index is 0.0105. The topological polar surface area (TPSA) is 79.8 Å². The van der Waals surface area contributed by atoms with E-state index in [1.807, 2.05) is 36.4 Å². The molecule has 1 amide bonds. The van der Waals surface area contributed by atoms with Crippen LogP contribution in [0.3, 0.4) is 0 Å². The van der Waals surface area contributed by atoms with Crippen molar-refractivity contribution in [1.29, 1.82) is 0 Å². The van der Waals surface area contributed by atoms with Crippen molar-refractivity contribution < 1.29 is 19.4 Å². The number of carbonyl (C=O) groups is 1. The van der Waals surface area contributed by atoms with E-state index in [4.69, 9.17) is 9.47 Å². The van der Waals surface area contributed by atoms with E-state index < -0.39 is 11.0 Å². The third-order valence-electron chi connectivity index (χ3n) is 6.08. The predicted molar refractivity (Wildman–Crippen MR) is 106 cm³/mol. The van der Waals surface area contributed by atoms with Gasteiger partial charge in [-0.15, -0.1) is 0 Å². The lowest BCUT2D eigenvalue weighted by atomic mass is 9.94. The molecule has 3 N–H and O–H groups in total. The Kier molecular flexibility index (Phi) is 3.65. The summed E-state index contributed by atoms with van der Waals surface area (Å²) < 4.78 is 10.8. The first-order valence-corrected chi connectivity index (χ1v) is 9.69. The van der Waals surface area contributed by atoms with Gasteiger partial charge >= 0.3 is 0 Å². The smallest absolute Gasteiger partial charge is 0.235 e. The molecule has 2 heterocycles. The fraction of sp³-hybridized carbons (Fsp3) is 0.409. The molecule has 146 valence electrons. The standard InChI is InChI=1S/C22H24N2O4/c1-21(2,26)19-10-13-9-15(4-5-16(13)24-19)23-20(25)22(7-8-22)14-3-6-17-18(11-14)28-12-27-17/h3-6,9,11,19,24,26H,7-8,10,12H2,1-2H3,(H,23,25). The van der Waals surface area contributed by atoms with Crippen LogP contribution in [-0.4, -0.2) is 29.4 Å². The maximum Gasteiger partial charge on any atom is 0.235 e. The summed E-state index contributed by atoms with van der Waals surface area (Å²) in [5.74, 6) is 1.45. The molecule has 6 nitrogen and oxygen atoms in total. The summed E-state index contributed by atoms with van der Waals surface area (Å²) in [7, 11) is 0. The minimum Gasteiger partial charge on any atom is -0.454 e. The first kappa shape index (κ1) is 17.4. The Morgan fingerprint density at radius 3 is 2.71 bits per heavy atom. The van der Waals surface area contributed by atoms with Crippen molar-refractivity contribution in [2.24, 2.45) is 0 Å². The van der Waals surface area contributed by atoms with Gasteiger partial charge < -0.3 is 25.2 Å². The number of amides is 1. The van der Waals surface area contributed by atoms with Gasteiger partial charge in [-0.25, -0.2) is 0 Å². The second-order valence-corrected chi connectivity index (χ2v) is 8.53. The number of hydrogen-bond donors (Lipinski definition) is 3. The summed E-state index contributed by atoms with van der Waals surface area (Å²) in [6.45, 7) is 3.84. The van der Waals surface area contributed by atoms with E-state index >= 15 is 0 Å². The molecule has 2 aromatic rings. The van der Waals surface area contributed by atoms with Gasteiger partial charge in [-0.2, -0.15) is 0 Å². The van der Waals surface area contributed by atoms with Crippen LogP contribution in [-0.2, 0) is 16.6 Å². The number of anilines is 2. The van der Waals surface area contributed by atoms with Crippen LogP contribution in [0.25, 0.3) is 0 Å². The van der Waals surface area contributed by atoms with Gasteiger partial charge in [0.05, 0.1) is 17.1 Å². The summed E-state index contributed by atoms with van der Waals surface area (Å²) in [5, 5.41) is 16.7. The van der Waals surface area contributed by atoms with Crippen LogP contribution in [0.4, 0.5) is 11.4 Å². The zero-order chi connectivity index (χ0) is 19.5. The van der Waals surface area contributed by atoms with Crippen molar-refractivity contribution in [1.82, 2.24) is 0 Å². The van der Waals surface area contributed by atoms with Crippen LogP contribution in [0.1, 0.15) is 37.8 Å². The fourth-order valence-electron chi connectivity index (χ4n) is 4.08. The number of rotatable bonds is 4. The second kappa shape index (κ2) is 5.88.